The molecule has 0 aromatic carbocycles. The highest BCUT2D eigenvalue weighted by molar-refractivity contribution is 5.92. The number of carbonyl (C=O) groups is 2. The SMILES string of the molecule is Cc1cc(C(=O)N2CCN(C=O)CC2)nc(N2CCN(c3ncccn3)CC2)n1. The van der Waals surface area contributed by atoms with Gasteiger partial charge >= 0.3 is 0 Å². The lowest BCUT2D eigenvalue weighted by molar-refractivity contribution is -0.119. The van der Waals surface area contributed by atoms with Gasteiger partial charge < -0.3 is 19.6 Å². The van der Waals surface area contributed by atoms with Crippen molar-refractivity contribution in [1.29, 1.82) is 0 Å². The predicted octanol–water partition coefficient (Wildman–Crippen LogP) is -0.184. The van der Waals surface area contributed by atoms with E-state index in [1.807, 2.05) is 6.92 Å². The first-order valence-corrected chi connectivity index (χ1v) is 9.75. The van der Waals surface area contributed by atoms with Crippen LogP contribution in [0.15, 0.2) is 24.5 Å². The average molecular weight is 396 g/mol. The Morgan fingerprint density at radius 2 is 1.52 bits per heavy atom. The first-order chi connectivity index (χ1) is 14.1. The molecule has 0 radical (unpaired) electrons. The number of nitrogens with zero attached hydrogens (tertiary/aromatic N) is 8. The van der Waals surface area contributed by atoms with Crippen LogP contribution in [0.25, 0.3) is 0 Å². The molecule has 2 aliphatic heterocycles. The van der Waals surface area contributed by atoms with Crippen LogP contribution in [0.4, 0.5) is 11.9 Å². The van der Waals surface area contributed by atoms with Gasteiger partial charge in [-0.1, -0.05) is 0 Å². The van der Waals surface area contributed by atoms with Crippen LogP contribution in [0.1, 0.15) is 16.2 Å². The summed E-state index contributed by atoms with van der Waals surface area (Å²) in [7, 11) is 0. The maximum atomic E-state index is 12.9. The van der Waals surface area contributed by atoms with Gasteiger partial charge in [-0.2, -0.15) is 0 Å². The Hall–Kier alpha value is -3.30. The van der Waals surface area contributed by atoms with Crippen LogP contribution < -0.4 is 9.80 Å². The smallest absolute Gasteiger partial charge is 0.272 e. The number of hydrogen-bond acceptors (Lipinski definition) is 8. The average Bonchev–Trinajstić information content (AvgIpc) is 2.79. The second-order valence-electron chi connectivity index (χ2n) is 7.15. The molecule has 2 saturated heterocycles. The lowest BCUT2D eigenvalue weighted by atomic mass is 10.2. The van der Waals surface area contributed by atoms with Crippen molar-refractivity contribution in [2.45, 2.75) is 6.92 Å². The molecule has 0 N–H and O–H groups in total. The summed E-state index contributed by atoms with van der Waals surface area (Å²) in [5, 5.41) is 0. The molecular formula is C19H24N8O2. The first-order valence-electron chi connectivity index (χ1n) is 9.75. The predicted molar refractivity (Wildman–Crippen MR) is 107 cm³/mol. The molecule has 152 valence electrons. The molecule has 4 heterocycles. The van der Waals surface area contributed by atoms with Crippen molar-refractivity contribution >= 4 is 24.2 Å². The van der Waals surface area contributed by atoms with E-state index in [-0.39, 0.29) is 5.91 Å². The van der Waals surface area contributed by atoms with E-state index in [0.717, 1.165) is 44.2 Å². The van der Waals surface area contributed by atoms with Crippen LogP contribution in [-0.4, -0.2) is 94.4 Å². The number of amides is 2. The van der Waals surface area contributed by atoms with Gasteiger partial charge in [-0.05, 0) is 19.1 Å². The van der Waals surface area contributed by atoms with Crippen LogP contribution in [0.5, 0.6) is 0 Å². The highest BCUT2D eigenvalue weighted by Gasteiger charge is 2.25. The second-order valence-corrected chi connectivity index (χ2v) is 7.15. The van der Waals surface area contributed by atoms with Crippen molar-refractivity contribution in [3.05, 3.63) is 35.9 Å². The Bertz CT molecular complexity index is 862. The molecule has 0 aliphatic carbocycles. The Morgan fingerprint density at radius 3 is 2.14 bits per heavy atom. The lowest BCUT2D eigenvalue weighted by Gasteiger charge is -2.35. The Labute approximate surface area is 169 Å². The highest BCUT2D eigenvalue weighted by atomic mass is 16.2. The van der Waals surface area contributed by atoms with Crippen LogP contribution >= 0.6 is 0 Å². The first kappa shape index (κ1) is 19.0. The van der Waals surface area contributed by atoms with Crippen LogP contribution in [0.3, 0.4) is 0 Å². The van der Waals surface area contributed by atoms with Gasteiger partial charge in [0.1, 0.15) is 5.69 Å². The fourth-order valence-corrected chi connectivity index (χ4v) is 3.56. The summed E-state index contributed by atoms with van der Waals surface area (Å²) < 4.78 is 0. The third-order valence-electron chi connectivity index (χ3n) is 5.21. The van der Waals surface area contributed by atoms with Crippen molar-refractivity contribution in [3.8, 4) is 0 Å². The van der Waals surface area contributed by atoms with Gasteiger partial charge in [-0.25, -0.2) is 19.9 Å². The third-order valence-corrected chi connectivity index (χ3v) is 5.21. The van der Waals surface area contributed by atoms with Gasteiger partial charge in [0.25, 0.3) is 5.91 Å². The van der Waals surface area contributed by atoms with E-state index in [9.17, 15) is 9.59 Å². The van der Waals surface area contributed by atoms with Crippen LogP contribution in [-0.2, 0) is 4.79 Å². The number of aromatic nitrogens is 4. The van der Waals surface area contributed by atoms with Crippen molar-refractivity contribution in [2.75, 3.05) is 62.2 Å². The van der Waals surface area contributed by atoms with Crippen molar-refractivity contribution in [2.24, 2.45) is 0 Å². The Morgan fingerprint density at radius 1 is 0.897 bits per heavy atom. The van der Waals surface area contributed by atoms with E-state index in [0.29, 0.717) is 37.8 Å². The van der Waals surface area contributed by atoms with Gasteiger partial charge in [0.2, 0.25) is 18.3 Å². The minimum Gasteiger partial charge on any atom is -0.342 e. The summed E-state index contributed by atoms with van der Waals surface area (Å²) in [5.74, 6) is 1.19. The molecular weight excluding hydrogens is 372 g/mol. The molecule has 0 bridgehead atoms. The monoisotopic (exact) mass is 396 g/mol. The number of anilines is 2. The minimum absolute atomic E-state index is 0.112. The van der Waals surface area contributed by atoms with E-state index in [2.05, 4.69) is 29.7 Å². The van der Waals surface area contributed by atoms with Crippen LogP contribution in [0, 0.1) is 6.92 Å². The number of piperazine rings is 2. The van der Waals surface area contributed by atoms with E-state index in [1.165, 1.54) is 0 Å². The van der Waals surface area contributed by atoms with E-state index in [4.69, 9.17) is 0 Å². The van der Waals surface area contributed by atoms with Crippen molar-refractivity contribution in [3.63, 3.8) is 0 Å². The number of aryl methyl sites for hydroxylation is 1. The zero-order chi connectivity index (χ0) is 20.2. The van der Waals surface area contributed by atoms with E-state index >= 15 is 0 Å². The van der Waals surface area contributed by atoms with Gasteiger partial charge in [0.05, 0.1) is 0 Å². The van der Waals surface area contributed by atoms with Crippen molar-refractivity contribution in [1.82, 2.24) is 29.7 Å². The zero-order valence-corrected chi connectivity index (χ0v) is 16.4. The summed E-state index contributed by atoms with van der Waals surface area (Å²) >= 11 is 0. The van der Waals surface area contributed by atoms with Gasteiger partial charge in [-0.3, -0.25) is 9.59 Å². The molecule has 0 spiro atoms. The molecule has 2 aromatic rings. The quantitative estimate of drug-likeness (QED) is 0.656. The second kappa shape index (κ2) is 8.38. The standard InChI is InChI=1S/C19H24N8O2/c1-15-13-16(17(29)25-7-5-24(14-28)6-8-25)23-19(22-15)27-11-9-26(10-12-27)18-20-3-2-4-21-18/h2-4,13-14H,5-12H2,1H3. The number of hydrogen-bond donors (Lipinski definition) is 0. The largest absolute Gasteiger partial charge is 0.342 e. The molecule has 29 heavy (non-hydrogen) atoms. The summed E-state index contributed by atoms with van der Waals surface area (Å²) in [5.41, 5.74) is 1.17. The number of carbonyl (C=O) groups excluding carboxylic acids is 2. The molecule has 0 saturated carbocycles. The summed E-state index contributed by atoms with van der Waals surface area (Å²) in [6.45, 7) is 7.00. The maximum absolute atomic E-state index is 12.9. The maximum Gasteiger partial charge on any atom is 0.272 e. The minimum atomic E-state index is -0.112. The molecule has 10 nitrogen and oxygen atoms in total. The molecule has 2 aromatic heterocycles. The highest BCUT2D eigenvalue weighted by Crippen LogP contribution is 2.17. The molecule has 0 atom stereocenters. The zero-order valence-electron chi connectivity index (χ0n) is 16.4. The lowest BCUT2D eigenvalue weighted by Crippen LogP contribution is -2.49. The number of rotatable bonds is 4. The normalized spacial score (nSPS) is 17.4. The molecule has 4 rings (SSSR count). The molecule has 10 heteroatoms. The van der Waals surface area contributed by atoms with Gasteiger partial charge in [0.15, 0.2) is 0 Å². The third kappa shape index (κ3) is 4.25. The molecule has 2 amide bonds. The van der Waals surface area contributed by atoms with E-state index < -0.39 is 0 Å². The van der Waals surface area contributed by atoms with Crippen LogP contribution in [0.2, 0.25) is 0 Å². The Kier molecular flexibility index (Phi) is 5.50. The topological polar surface area (TPSA) is 98.7 Å². The molecule has 2 fully saturated rings. The fraction of sp³-hybridized carbons (Fsp3) is 0.474. The fourth-order valence-electron chi connectivity index (χ4n) is 3.56. The van der Waals surface area contributed by atoms with Gasteiger partial charge in [-0.15, -0.1) is 0 Å². The summed E-state index contributed by atoms with van der Waals surface area (Å²) in [6.07, 6.45) is 4.31. The van der Waals surface area contributed by atoms with Gasteiger partial charge in [0, 0.05) is 70.4 Å². The van der Waals surface area contributed by atoms with E-state index in [1.54, 1.807) is 34.3 Å². The summed E-state index contributed by atoms with van der Waals surface area (Å²) in [4.78, 5) is 49.1. The Balaban J connectivity index is 1.44. The molecule has 0 unspecified atom stereocenters. The van der Waals surface area contributed by atoms with Crippen molar-refractivity contribution < 1.29 is 9.59 Å². The molecule has 2 aliphatic rings. The summed E-state index contributed by atoms with van der Waals surface area (Å²) in [6, 6.07) is 3.53.